The van der Waals surface area contributed by atoms with E-state index in [2.05, 4.69) is 34.9 Å². The average molecular weight is 245 g/mol. The monoisotopic (exact) mass is 245 g/mol. The molecule has 0 amide bonds. The van der Waals surface area contributed by atoms with E-state index in [1.165, 1.54) is 44.2 Å². The summed E-state index contributed by atoms with van der Waals surface area (Å²) in [5, 5.41) is 0. The van der Waals surface area contributed by atoms with Gasteiger partial charge in [0.2, 0.25) is 0 Å². The zero-order valence-electron chi connectivity index (χ0n) is 10.6. The highest BCUT2D eigenvalue weighted by Crippen LogP contribution is 2.34. The summed E-state index contributed by atoms with van der Waals surface area (Å²) in [6.45, 7) is 0. The molecule has 0 bridgehead atoms. The largest absolute Gasteiger partial charge is 0.398 e. The van der Waals surface area contributed by atoms with E-state index in [9.17, 15) is 0 Å². The van der Waals surface area contributed by atoms with Crippen LogP contribution in [0.4, 0.5) is 5.69 Å². The Morgan fingerprint density at radius 2 is 1.59 bits per heavy atom. The molecule has 0 spiro atoms. The summed E-state index contributed by atoms with van der Waals surface area (Å²) in [4.78, 5) is 0. The standard InChI is InChI=1S/C15H23NSi/c1-3-8-14(9-4-1)16(17-12-7-13-17)15-10-5-2-6-11-15/h1,3-4,8-9,15,17H,2,5-7,10-13H2. The lowest BCUT2D eigenvalue weighted by Crippen LogP contribution is -2.50. The first kappa shape index (κ1) is 11.3. The molecular formula is C15H23NSi. The summed E-state index contributed by atoms with van der Waals surface area (Å²) in [6, 6.07) is 15.2. The normalized spacial score (nSPS) is 22.1. The highest BCUT2D eigenvalue weighted by Gasteiger charge is 2.32. The van der Waals surface area contributed by atoms with E-state index in [0.717, 1.165) is 6.04 Å². The van der Waals surface area contributed by atoms with Crippen LogP contribution in [0.2, 0.25) is 12.1 Å². The van der Waals surface area contributed by atoms with E-state index in [1.807, 2.05) is 0 Å². The van der Waals surface area contributed by atoms with Crippen LogP contribution < -0.4 is 4.57 Å². The highest BCUT2D eigenvalue weighted by molar-refractivity contribution is 6.66. The topological polar surface area (TPSA) is 3.24 Å². The van der Waals surface area contributed by atoms with E-state index in [4.69, 9.17) is 0 Å². The molecule has 1 aliphatic heterocycles. The molecule has 1 aliphatic carbocycles. The Kier molecular flexibility index (Phi) is 3.51. The fraction of sp³-hybridized carbons (Fsp3) is 0.600. The Balaban J connectivity index is 1.80. The molecule has 1 aromatic rings. The maximum absolute atomic E-state index is 2.89. The van der Waals surface area contributed by atoms with Crippen LogP contribution in [-0.2, 0) is 0 Å². The van der Waals surface area contributed by atoms with Crippen molar-refractivity contribution < 1.29 is 0 Å². The van der Waals surface area contributed by atoms with Gasteiger partial charge in [0.25, 0.3) is 0 Å². The third-order valence-electron chi connectivity index (χ3n) is 4.49. The van der Waals surface area contributed by atoms with Gasteiger partial charge in [0.15, 0.2) is 0 Å². The van der Waals surface area contributed by atoms with Gasteiger partial charge in [-0.3, -0.25) is 0 Å². The molecule has 0 unspecified atom stereocenters. The van der Waals surface area contributed by atoms with Crippen molar-refractivity contribution in [3.05, 3.63) is 30.3 Å². The number of anilines is 1. The van der Waals surface area contributed by atoms with Crippen LogP contribution in [0, 0.1) is 0 Å². The first-order valence-corrected chi connectivity index (χ1v) is 9.43. The molecule has 0 N–H and O–H groups in total. The second-order valence-corrected chi connectivity index (χ2v) is 8.64. The zero-order valence-corrected chi connectivity index (χ0v) is 11.8. The lowest BCUT2D eigenvalue weighted by molar-refractivity contribution is 0.439. The molecule has 0 radical (unpaired) electrons. The summed E-state index contributed by atoms with van der Waals surface area (Å²) in [5.74, 6) is 0. The van der Waals surface area contributed by atoms with Crippen molar-refractivity contribution in [3.63, 3.8) is 0 Å². The van der Waals surface area contributed by atoms with Crippen LogP contribution >= 0.6 is 0 Å². The first-order chi connectivity index (χ1) is 8.45. The molecule has 0 atom stereocenters. The molecule has 1 aromatic carbocycles. The average Bonchev–Trinajstić information content (AvgIpc) is 2.36. The first-order valence-electron chi connectivity index (χ1n) is 7.28. The minimum atomic E-state index is -0.582. The molecule has 0 aromatic heterocycles. The van der Waals surface area contributed by atoms with Crippen LogP contribution in [-0.4, -0.2) is 15.0 Å². The zero-order chi connectivity index (χ0) is 11.5. The second-order valence-electron chi connectivity index (χ2n) is 5.62. The fourth-order valence-corrected chi connectivity index (χ4v) is 6.16. The number of hydrogen-bond acceptors (Lipinski definition) is 1. The summed E-state index contributed by atoms with van der Waals surface area (Å²) in [7, 11) is -0.582. The molecule has 1 saturated carbocycles. The van der Waals surface area contributed by atoms with Crippen molar-refractivity contribution in [2.24, 2.45) is 0 Å². The van der Waals surface area contributed by atoms with Gasteiger partial charge in [0, 0.05) is 11.7 Å². The van der Waals surface area contributed by atoms with Crippen LogP contribution in [0.5, 0.6) is 0 Å². The van der Waals surface area contributed by atoms with Gasteiger partial charge < -0.3 is 4.57 Å². The molecule has 2 aliphatic rings. The van der Waals surface area contributed by atoms with Gasteiger partial charge >= 0.3 is 0 Å². The second kappa shape index (κ2) is 5.26. The Labute approximate surface area is 107 Å². The van der Waals surface area contributed by atoms with E-state index in [-0.39, 0.29) is 0 Å². The number of benzene rings is 1. The molecule has 1 heterocycles. The number of rotatable bonds is 3. The summed E-state index contributed by atoms with van der Waals surface area (Å²) in [5.41, 5.74) is 1.52. The number of nitrogens with zero attached hydrogens (tertiary/aromatic N) is 1. The number of para-hydroxylation sites is 1. The van der Waals surface area contributed by atoms with Crippen LogP contribution in [0.3, 0.4) is 0 Å². The SMILES string of the molecule is c1ccc(N(C2CCCCC2)[SiH]2CCC2)cc1. The molecule has 2 fully saturated rings. The third-order valence-corrected chi connectivity index (χ3v) is 8.15. The molecular weight excluding hydrogens is 222 g/mol. The van der Waals surface area contributed by atoms with Gasteiger partial charge in [0.05, 0.1) is 0 Å². The third kappa shape index (κ3) is 2.42. The van der Waals surface area contributed by atoms with Crippen molar-refractivity contribution in [3.8, 4) is 0 Å². The van der Waals surface area contributed by atoms with Gasteiger partial charge in [-0.2, -0.15) is 0 Å². The number of hydrogen-bond donors (Lipinski definition) is 0. The Hall–Kier alpha value is -0.763. The Morgan fingerprint density at radius 1 is 0.882 bits per heavy atom. The van der Waals surface area contributed by atoms with Crippen molar-refractivity contribution in [2.75, 3.05) is 4.57 Å². The molecule has 2 heteroatoms. The van der Waals surface area contributed by atoms with E-state index < -0.39 is 8.96 Å². The van der Waals surface area contributed by atoms with Crippen molar-refractivity contribution in [2.45, 2.75) is 56.7 Å². The summed E-state index contributed by atoms with van der Waals surface area (Å²) in [6.07, 6.45) is 8.75. The Bertz CT molecular complexity index is 341. The van der Waals surface area contributed by atoms with E-state index >= 15 is 0 Å². The van der Waals surface area contributed by atoms with Crippen LogP contribution in [0.25, 0.3) is 0 Å². The van der Waals surface area contributed by atoms with E-state index in [1.54, 1.807) is 12.1 Å². The minimum Gasteiger partial charge on any atom is -0.398 e. The predicted molar refractivity (Wildman–Crippen MR) is 77.2 cm³/mol. The minimum absolute atomic E-state index is 0.582. The lowest BCUT2D eigenvalue weighted by atomic mass is 9.95. The molecule has 3 rings (SSSR count). The summed E-state index contributed by atoms with van der Waals surface area (Å²) < 4.78 is 2.89. The van der Waals surface area contributed by atoms with Gasteiger partial charge in [-0.05, 0) is 37.1 Å². The smallest absolute Gasteiger partial charge is 0.140 e. The van der Waals surface area contributed by atoms with Crippen molar-refractivity contribution >= 4 is 14.6 Å². The molecule has 17 heavy (non-hydrogen) atoms. The fourth-order valence-electron chi connectivity index (χ4n) is 3.34. The van der Waals surface area contributed by atoms with Gasteiger partial charge in [0.1, 0.15) is 8.96 Å². The molecule has 1 saturated heterocycles. The van der Waals surface area contributed by atoms with Crippen molar-refractivity contribution in [1.82, 2.24) is 0 Å². The van der Waals surface area contributed by atoms with Gasteiger partial charge in [-0.15, -0.1) is 0 Å². The quantitative estimate of drug-likeness (QED) is 0.729. The maximum Gasteiger partial charge on any atom is 0.140 e. The predicted octanol–water partition coefficient (Wildman–Crippen LogP) is 3.95. The summed E-state index contributed by atoms with van der Waals surface area (Å²) >= 11 is 0. The van der Waals surface area contributed by atoms with Crippen molar-refractivity contribution in [1.29, 1.82) is 0 Å². The molecule has 92 valence electrons. The van der Waals surface area contributed by atoms with E-state index in [0.29, 0.717) is 0 Å². The van der Waals surface area contributed by atoms with Crippen LogP contribution in [0.1, 0.15) is 38.5 Å². The highest BCUT2D eigenvalue weighted by atomic mass is 28.3. The van der Waals surface area contributed by atoms with Gasteiger partial charge in [-0.25, -0.2) is 0 Å². The van der Waals surface area contributed by atoms with Gasteiger partial charge in [-0.1, -0.05) is 43.9 Å². The Morgan fingerprint density at radius 3 is 2.18 bits per heavy atom. The molecule has 1 nitrogen and oxygen atoms in total. The van der Waals surface area contributed by atoms with Crippen LogP contribution in [0.15, 0.2) is 30.3 Å². The lowest BCUT2D eigenvalue weighted by Gasteiger charge is -2.45. The maximum atomic E-state index is 2.89.